The molecule has 0 heterocycles. The van der Waals surface area contributed by atoms with Gasteiger partial charge in [0.05, 0.1) is 11.8 Å². The third-order valence-corrected chi connectivity index (χ3v) is 2.93. The largest absolute Gasteiger partial charge is 0.460 e. The maximum absolute atomic E-state index is 12.4. The molecule has 100 valence electrons. The lowest BCUT2D eigenvalue weighted by Crippen LogP contribution is -2.34. The second-order valence-electron chi connectivity index (χ2n) is 5.62. The predicted octanol–water partition coefficient (Wildman–Crippen LogP) is 3.70. The molecule has 2 nitrogen and oxygen atoms in total. The summed E-state index contributed by atoms with van der Waals surface area (Å²) >= 11 is 0. The van der Waals surface area contributed by atoms with E-state index >= 15 is 0 Å². The van der Waals surface area contributed by atoms with Crippen LogP contribution in [0.4, 0.5) is 13.2 Å². The molecule has 0 amide bonds. The first kappa shape index (κ1) is 14.3. The fourth-order valence-electron chi connectivity index (χ4n) is 2.04. The Morgan fingerprint density at radius 3 is 1.88 bits per heavy atom. The van der Waals surface area contributed by atoms with E-state index in [1.807, 2.05) is 0 Å². The van der Waals surface area contributed by atoms with Gasteiger partial charge in [0.15, 0.2) is 0 Å². The lowest BCUT2D eigenvalue weighted by atomic mass is 9.81. The third-order valence-electron chi connectivity index (χ3n) is 2.93. The van der Waals surface area contributed by atoms with Gasteiger partial charge in [-0.2, -0.15) is 13.2 Å². The molecule has 0 bridgehead atoms. The number of halogens is 3. The van der Waals surface area contributed by atoms with E-state index in [9.17, 15) is 18.0 Å². The first-order chi connectivity index (χ1) is 7.59. The van der Waals surface area contributed by atoms with Crippen molar-refractivity contribution in [3.63, 3.8) is 0 Å². The van der Waals surface area contributed by atoms with Crippen molar-refractivity contribution in [2.75, 3.05) is 0 Å². The molecule has 0 radical (unpaired) electrons. The highest BCUT2D eigenvalue weighted by Gasteiger charge is 2.43. The van der Waals surface area contributed by atoms with Gasteiger partial charge in [-0.3, -0.25) is 4.79 Å². The van der Waals surface area contributed by atoms with Crippen LogP contribution in [0.1, 0.15) is 46.5 Å². The summed E-state index contributed by atoms with van der Waals surface area (Å²) in [4.78, 5) is 11.7. The molecule has 5 heteroatoms. The van der Waals surface area contributed by atoms with Gasteiger partial charge in [-0.15, -0.1) is 0 Å². The van der Waals surface area contributed by atoms with Crippen LogP contribution in [0.25, 0.3) is 0 Å². The van der Waals surface area contributed by atoms with Crippen molar-refractivity contribution in [3.8, 4) is 0 Å². The maximum Gasteiger partial charge on any atom is 0.391 e. The number of hydrogen-bond acceptors (Lipinski definition) is 2. The minimum absolute atomic E-state index is 0.0351. The summed E-state index contributed by atoms with van der Waals surface area (Å²) in [5.41, 5.74) is -0.571. The van der Waals surface area contributed by atoms with Gasteiger partial charge in [0.25, 0.3) is 0 Å². The van der Waals surface area contributed by atoms with E-state index in [1.54, 1.807) is 20.8 Å². The van der Waals surface area contributed by atoms with Crippen LogP contribution >= 0.6 is 0 Å². The van der Waals surface area contributed by atoms with Crippen molar-refractivity contribution >= 4 is 5.97 Å². The minimum atomic E-state index is -4.13. The predicted molar refractivity (Wildman–Crippen MR) is 57.3 cm³/mol. The molecule has 0 aromatic carbocycles. The Hall–Kier alpha value is -0.740. The average molecular weight is 252 g/mol. The SMILES string of the molecule is CC(C)(C)OC(=O)C1CCC(C(F)(F)F)CC1. The van der Waals surface area contributed by atoms with Crippen molar-refractivity contribution in [1.82, 2.24) is 0 Å². The zero-order valence-electron chi connectivity index (χ0n) is 10.4. The Kier molecular flexibility index (Phi) is 4.10. The van der Waals surface area contributed by atoms with Crippen molar-refractivity contribution in [1.29, 1.82) is 0 Å². The van der Waals surface area contributed by atoms with E-state index < -0.39 is 17.7 Å². The minimum Gasteiger partial charge on any atom is -0.460 e. The zero-order valence-corrected chi connectivity index (χ0v) is 10.4. The zero-order chi connectivity index (χ0) is 13.3. The summed E-state index contributed by atoms with van der Waals surface area (Å²) in [6.07, 6.45) is -3.50. The van der Waals surface area contributed by atoms with Crippen molar-refractivity contribution in [2.45, 2.75) is 58.2 Å². The molecule has 0 aromatic heterocycles. The number of alkyl halides is 3. The Balaban J connectivity index is 2.45. The van der Waals surface area contributed by atoms with Crippen LogP contribution in [0.2, 0.25) is 0 Å². The van der Waals surface area contributed by atoms with Gasteiger partial charge in [0, 0.05) is 0 Å². The molecule has 0 saturated heterocycles. The van der Waals surface area contributed by atoms with E-state index in [-0.39, 0.29) is 37.6 Å². The number of carbonyl (C=O) groups is 1. The topological polar surface area (TPSA) is 26.3 Å². The van der Waals surface area contributed by atoms with Crippen LogP contribution in [-0.2, 0) is 9.53 Å². The van der Waals surface area contributed by atoms with Crippen LogP contribution in [0, 0.1) is 11.8 Å². The maximum atomic E-state index is 12.4. The molecule has 1 saturated carbocycles. The van der Waals surface area contributed by atoms with Crippen molar-refractivity contribution < 1.29 is 22.7 Å². The summed E-state index contributed by atoms with van der Waals surface area (Å²) in [5, 5.41) is 0. The van der Waals surface area contributed by atoms with E-state index in [4.69, 9.17) is 4.74 Å². The average Bonchev–Trinajstić information content (AvgIpc) is 2.14. The summed E-state index contributed by atoms with van der Waals surface area (Å²) in [6, 6.07) is 0. The van der Waals surface area contributed by atoms with Gasteiger partial charge in [0.1, 0.15) is 5.60 Å². The summed E-state index contributed by atoms with van der Waals surface area (Å²) in [6.45, 7) is 5.27. The summed E-state index contributed by atoms with van der Waals surface area (Å²) in [7, 11) is 0. The van der Waals surface area contributed by atoms with Crippen molar-refractivity contribution in [2.24, 2.45) is 11.8 Å². The fraction of sp³-hybridized carbons (Fsp3) is 0.917. The lowest BCUT2D eigenvalue weighted by Gasteiger charge is -2.30. The molecule has 1 aliphatic rings. The number of carbonyl (C=O) groups excluding carboxylic acids is 1. The lowest BCUT2D eigenvalue weighted by molar-refractivity contribution is -0.188. The highest BCUT2D eigenvalue weighted by Crippen LogP contribution is 2.40. The van der Waals surface area contributed by atoms with E-state index in [0.29, 0.717) is 0 Å². The quantitative estimate of drug-likeness (QED) is 0.665. The smallest absolute Gasteiger partial charge is 0.391 e. The molecule has 0 unspecified atom stereocenters. The van der Waals surface area contributed by atoms with E-state index in [0.717, 1.165) is 0 Å². The highest BCUT2D eigenvalue weighted by atomic mass is 19.4. The molecule has 0 aliphatic heterocycles. The molecule has 0 atom stereocenters. The summed E-state index contributed by atoms with van der Waals surface area (Å²) in [5.74, 6) is -1.98. The molecule has 0 spiro atoms. The van der Waals surface area contributed by atoms with E-state index in [1.165, 1.54) is 0 Å². The first-order valence-corrected chi connectivity index (χ1v) is 5.89. The van der Waals surface area contributed by atoms with Crippen molar-refractivity contribution in [3.05, 3.63) is 0 Å². The molecule has 1 fully saturated rings. The molecule has 1 aliphatic carbocycles. The fourth-order valence-corrected chi connectivity index (χ4v) is 2.04. The van der Waals surface area contributed by atoms with Gasteiger partial charge in [-0.05, 0) is 46.5 Å². The number of ether oxygens (including phenoxy) is 1. The van der Waals surface area contributed by atoms with Crippen LogP contribution in [0.5, 0.6) is 0 Å². The standard InChI is InChI=1S/C12H19F3O2/c1-11(2,3)17-10(16)8-4-6-9(7-5-8)12(13,14)15/h8-9H,4-7H2,1-3H3. The van der Waals surface area contributed by atoms with Gasteiger partial charge >= 0.3 is 12.1 Å². The molecule has 0 aromatic rings. The molecule has 17 heavy (non-hydrogen) atoms. The number of rotatable bonds is 1. The van der Waals surface area contributed by atoms with Gasteiger partial charge < -0.3 is 4.74 Å². The Morgan fingerprint density at radius 1 is 1.06 bits per heavy atom. The van der Waals surface area contributed by atoms with E-state index in [2.05, 4.69) is 0 Å². The van der Waals surface area contributed by atoms with Gasteiger partial charge in [-0.25, -0.2) is 0 Å². The van der Waals surface area contributed by atoms with Gasteiger partial charge in [-0.1, -0.05) is 0 Å². The number of esters is 1. The van der Waals surface area contributed by atoms with Gasteiger partial charge in [0.2, 0.25) is 0 Å². The van der Waals surface area contributed by atoms with Crippen LogP contribution in [0.3, 0.4) is 0 Å². The monoisotopic (exact) mass is 252 g/mol. The normalized spacial score (nSPS) is 26.7. The van der Waals surface area contributed by atoms with Crippen LogP contribution < -0.4 is 0 Å². The highest BCUT2D eigenvalue weighted by molar-refractivity contribution is 5.72. The molecular weight excluding hydrogens is 233 g/mol. The third kappa shape index (κ3) is 4.56. The summed E-state index contributed by atoms with van der Waals surface area (Å²) < 4.78 is 42.5. The molecular formula is C12H19F3O2. The first-order valence-electron chi connectivity index (χ1n) is 5.89. The van der Waals surface area contributed by atoms with Crippen LogP contribution in [-0.4, -0.2) is 17.7 Å². The number of hydrogen-bond donors (Lipinski definition) is 0. The second kappa shape index (κ2) is 4.86. The molecule has 1 rings (SSSR count). The van der Waals surface area contributed by atoms with Crippen LogP contribution in [0.15, 0.2) is 0 Å². The Bertz CT molecular complexity index is 270. The second-order valence-corrected chi connectivity index (χ2v) is 5.62. The molecule has 0 N–H and O–H groups in total. The Labute approximate surface area is 99.5 Å². The Morgan fingerprint density at radius 2 is 1.53 bits per heavy atom.